The summed E-state index contributed by atoms with van der Waals surface area (Å²) in [6.07, 6.45) is 2.19. The molecule has 1 aliphatic rings. The van der Waals surface area contributed by atoms with Crippen LogP contribution in [0.2, 0.25) is 0 Å². The first-order valence-electron chi connectivity index (χ1n) is 7.38. The van der Waals surface area contributed by atoms with Crippen LogP contribution in [0.4, 0.5) is 0 Å². The van der Waals surface area contributed by atoms with Gasteiger partial charge < -0.3 is 15.5 Å². The highest BCUT2D eigenvalue weighted by Gasteiger charge is 2.24. The van der Waals surface area contributed by atoms with Crippen molar-refractivity contribution in [3.05, 3.63) is 0 Å². The molecule has 0 aromatic rings. The molecule has 18 heavy (non-hydrogen) atoms. The van der Waals surface area contributed by atoms with Crippen LogP contribution in [0.1, 0.15) is 33.6 Å². The lowest BCUT2D eigenvalue weighted by Crippen LogP contribution is -2.45. The predicted octanol–water partition coefficient (Wildman–Crippen LogP) is 1.08. The Balaban J connectivity index is 2.19. The lowest BCUT2D eigenvalue weighted by Gasteiger charge is -2.27. The van der Waals surface area contributed by atoms with Crippen LogP contribution in [0.25, 0.3) is 0 Å². The number of hydrogen-bond acceptors (Lipinski definition) is 3. The number of hydrogen-bond donors (Lipinski definition) is 2. The summed E-state index contributed by atoms with van der Waals surface area (Å²) >= 11 is 0. The molecule has 2 N–H and O–H groups in total. The molecule has 0 aromatic carbocycles. The molecule has 1 rings (SSSR count). The third-order valence-electron chi connectivity index (χ3n) is 3.66. The van der Waals surface area contributed by atoms with Crippen LogP contribution in [0.3, 0.4) is 0 Å². The Morgan fingerprint density at radius 2 is 2.11 bits per heavy atom. The Bertz CT molecular complexity index is 245. The first-order chi connectivity index (χ1) is 8.67. The van der Waals surface area contributed by atoms with Crippen LogP contribution in [-0.2, 0) is 4.79 Å². The van der Waals surface area contributed by atoms with Gasteiger partial charge in [-0.1, -0.05) is 20.8 Å². The van der Waals surface area contributed by atoms with Crippen molar-refractivity contribution in [2.24, 2.45) is 11.8 Å². The van der Waals surface area contributed by atoms with Crippen LogP contribution in [-0.4, -0.2) is 50.1 Å². The van der Waals surface area contributed by atoms with Crippen molar-refractivity contribution < 1.29 is 4.79 Å². The van der Waals surface area contributed by atoms with Crippen molar-refractivity contribution in [3.8, 4) is 0 Å². The maximum atomic E-state index is 12.0. The number of carbonyl (C=O) groups excluding carboxylic acids is 1. The summed E-state index contributed by atoms with van der Waals surface area (Å²) in [5.74, 6) is 0.998. The van der Waals surface area contributed by atoms with Crippen molar-refractivity contribution in [2.75, 3.05) is 39.3 Å². The summed E-state index contributed by atoms with van der Waals surface area (Å²) in [7, 11) is 0. The van der Waals surface area contributed by atoms with Crippen LogP contribution in [0.15, 0.2) is 0 Å². The van der Waals surface area contributed by atoms with Crippen molar-refractivity contribution in [3.63, 3.8) is 0 Å². The zero-order chi connectivity index (χ0) is 13.4. The van der Waals surface area contributed by atoms with Gasteiger partial charge in [-0.25, -0.2) is 0 Å². The molecule has 1 aliphatic heterocycles. The standard InChI is InChI=1S/C14H29N3O/c1-4-7-17(5-2)8-6-16-14(18)13-9-12(3)10-15-11-13/h12-13,15H,4-11H2,1-3H3,(H,16,18). The first-order valence-corrected chi connectivity index (χ1v) is 7.38. The quantitative estimate of drug-likeness (QED) is 0.715. The van der Waals surface area contributed by atoms with Gasteiger partial charge in [0.2, 0.25) is 5.91 Å². The lowest BCUT2D eigenvalue weighted by molar-refractivity contribution is -0.125. The van der Waals surface area contributed by atoms with Gasteiger partial charge in [-0.15, -0.1) is 0 Å². The predicted molar refractivity (Wildman–Crippen MR) is 75.6 cm³/mol. The minimum Gasteiger partial charge on any atom is -0.355 e. The zero-order valence-electron chi connectivity index (χ0n) is 12.2. The molecule has 0 radical (unpaired) electrons. The third-order valence-corrected chi connectivity index (χ3v) is 3.66. The molecule has 2 atom stereocenters. The first kappa shape index (κ1) is 15.4. The average Bonchev–Trinajstić information content (AvgIpc) is 2.37. The van der Waals surface area contributed by atoms with Crippen molar-refractivity contribution in [2.45, 2.75) is 33.6 Å². The fraction of sp³-hybridized carbons (Fsp3) is 0.929. The van der Waals surface area contributed by atoms with E-state index in [1.807, 2.05) is 0 Å². The van der Waals surface area contributed by atoms with Crippen molar-refractivity contribution in [1.29, 1.82) is 0 Å². The highest BCUT2D eigenvalue weighted by molar-refractivity contribution is 5.79. The Kier molecular flexibility index (Phi) is 7.28. The molecule has 1 saturated heterocycles. The molecule has 4 nitrogen and oxygen atoms in total. The Morgan fingerprint density at radius 3 is 2.72 bits per heavy atom. The number of carbonyl (C=O) groups is 1. The van der Waals surface area contributed by atoms with Gasteiger partial charge in [0, 0.05) is 19.6 Å². The summed E-state index contributed by atoms with van der Waals surface area (Å²) in [6, 6.07) is 0. The number of piperidine rings is 1. The van der Waals surface area contributed by atoms with E-state index in [9.17, 15) is 4.79 Å². The van der Waals surface area contributed by atoms with E-state index >= 15 is 0 Å². The van der Waals surface area contributed by atoms with Gasteiger partial charge in [0.1, 0.15) is 0 Å². The third kappa shape index (κ3) is 5.36. The van der Waals surface area contributed by atoms with Gasteiger partial charge in [-0.3, -0.25) is 4.79 Å². The summed E-state index contributed by atoms with van der Waals surface area (Å²) in [4.78, 5) is 14.4. The monoisotopic (exact) mass is 255 g/mol. The van der Waals surface area contributed by atoms with E-state index in [0.717, 1.165) is 45.7 Å². The van der Waals surface area contributed by atoms with E-state index in [-0.39, 0.29) is 11.8 Å². The van der Waals surface area contributed by atoms with Crippen LogP contribution in [0.5, 0.6) is 0 Å². The van der Waals surface area contributed by atoms with Crippen LogP contribution < -0.4 is 10.6 Å². The van der Waals surface area contributed by atoms with Crippen molar-refractivity contribution in [1.82, 2.24) is 15.5 Å². The number of likely N-dealkylation sites (N-methyl/N-ethyl adjacent to an activating group) is 1. The molecule has 1 heterocycles. The molecule has 0 aliphatic carbocycles. The molecule has 1 fully saturated rings. The van der Waals surface area contributed by atoms with Gasteiger partial charge in [0.05, 0.1) is 5.92 Å². The summed E-state index contributed by atoms with van der Waals surface area (Å²) in [5, 5.41) is 6.40. The molecule has 2 unspecified atom stereocenters. The summed E-state index contributed by atoms with van der Waals surface area (Å²) in [5.41, 5.74) is 0. The SMILES string of the molecule is CCCN(CC)CCNC(=O)C1CNCC(C)C1. The fourth-order valence-electron chi connectivity index (χ4n) is 2.58. The highest BCUT2D eigenvalue weighted by atomic mass is 16.1. The number of rotatable bonds is 7. The van der Waals surface area contributed by atoms with Crippen LogP contribution in [0, 0.1) is 11.8 Å². The van der Waals surface area contributed by atoms with Gasteiger partial charge in [0.25, 0.3) is 0 Å². The molecular formula is C14H29N3O. The average molecular weight is 255 g/mol. The van der Waals surface area contributed by atoms with Gasteiger partial charge in [0.15, 0.2) is 0 Å². The molecule has 1 amide bonds. The van der Waals surface area contributed by atoms with E-state index in [2.05, 4.69) is 36.3 Å². The molecule has 0 bridgehead atoms. The molecule has 4 heteroatoms. The Labute approximate surface area is 111 Å². The zero-order valence-corrected chi connectivity index (χ0v) is 12.2. The number of nitrogens with zero attached hydrogens (tertiary/aromatic N) is 1. The van der Waals surface area contributed by atoms with E-state index in [1.165, 1.54) is 6.42 Å². The minimum atomic E-state index is 0.162. The van der Waals surface area contributed by atoms with E-state index in [1.54, 1.807) is 0 Å². The maximum absolute atomic E-state index is 12.0. The largest absolute Gasteiger partial charge is 0.355 e. The van der Waals surface area contributed by atoms with Gasteiger partial charge in [-0.2, -0.15) is 0 Å². The topological polar surface area (TPSA) is 44.4 Å². The smallest absolute Gasteiger partial charge is 0.224 e. The van der Waals surface area contributed by atoms with Gasteiger partial charge >= 0.3 is 0 Å². The van der Waals surface area contributed by atoms with Crippen LogP contribution >= 0.6 is 0 Å². The maximum Gasteiger partial charge on any atom is 0.224 e. The van der Waals surface area contributed by atoms with Gasteiger partial charge in [-0.05, 0) is 38.4 Å². The second kappa shape index (κ2) is 8.48. The molecular weight excluding hydrogens is 226 g/mol. The van der Waals surface area contributed by atoms with E-state index in [4.69, 9.17) is 0 Å². The highest BCUT2D eigenvalue weighted by Crippen LogP contribution is 2.15. The Morgan fingerprint density at radius 1 is 1.33 bits per heavy atom. The lowest BCUT2D eigenvalue weighted by atomic mass is 9.91. The van der Waals surface area contributed by atoms with E-state index in [0.29, 0.717) is 5.92 Å². The molecule has 0 spiro atoms. The number of amides is 1. The molecule has 106 valence electrons. The molecule has 0 saturated carbocycles. The van der Waals surface area contributed by atoms with Crippen molar-refractivity contribution >= 4 is 5.91 Å². The summed E-state index contributed by atoms with van der Waals surface area (Å²) in [6.45, 7) is 12.4. The fourth-order valence-corrected chi connectivity index (χ4v) is 2.58. The summed E-state index contributed by atoms with van der Waals surface area (Å²) < 4.78 is 0. The second-order valence-corrected chi connectivity index (χ2v) is 5.42. The number of nitrogens with one attached hydrogen (secondary N) is 2. The minimum absolute atomic E-state index is 0.162. The van der Waals surface area contributed by atoms with E-state index < -0.39 is 0 Å². The Hall–Kier alpha value is -0.610. The molecule has 0 aromatic heterocycles. The second-order valence-electron chi connectivity index (χ2n) is 5.42. The normalized spacial score (nSPS) is 24.2.